The average molecular weight is 409 g/mol. The van der Waals surface area contributed by atoms with Gasteiger partial charge in [0.2, 0.25) is 0 Å². The van der Waals surface area contributed by atoms with Crippen LogP contribution in [0.4, 0.5) is 0 Å². The third-order valence-corrected chi connectivity index (χ3v) is 5.36. The zero-order chi connectivity index (χ0) is 20.5. The highest BCUT2D eigenvalue weighted by Crippen LogP contribution is 2.28. The van der Waals surface area contributed by atoms with Crippen molar-refractivity contribution in [1.29, 1.82) is 0 Å². The number of aryl methyl sites for hydroxylation is 1. The zero-order valence-corrected chi connectivity index (χ0v) is 17.4. The summed E-state index contributed by atoms with van der Waals surface area (Å²) in [7, 11) is 1.35. The molecule has 0 unspecified atom stereocenters. The molecule has 0 atom stereocenters. The quantitative estimate of drug-likeness (QED) is 0.349. The Hall–Kier alpha value is -2.92. The topological polar surface area (TPSA) is 44.8 Å². The van der Waals surface area contributed by atoms with Gasteiger partial charge in [-0.1, -0.05) is 42.5 Å². The molecule has 0 aliphatic heterocycles. The molecule has 0 amide bonds. The number of rotatable bonds is 9. The normalized spacial score (nSPS) is 10.4. The molecule has 0 fully saturated rings. The molecule has 3 aromatic carbocycles. The molecule has 0 bridgehead atoms. The molecule has 0 saturated carbocycles. The average Bonchev–Trinajstić information content (AvgIpc) is 2.76. The van der Waals surface area contributed by atoms with E-state index in [0.29, 0.717) is 12.4 Å². The second kappa shape index (κ2) is 10.6. The minimum Gasteiger partial charge on any atom is -0.489 e. The second-order valence-electron chi connectivity index (χ2n) is 6.50. The predicted molar refractivity (Wildman–Crippen MR) is 115 cm³/mol. The number of ether oxygens (including phenoxy) is 3. The Morgan fingerprint density at radius 2 is 1.66 bits per heavy atom. The van der Waals surface area contributed by atoms with Crippen molar-refractivity contribution in [3.8, 4) is 11.5 Å². The molecule has 3 aromatic rings. The highest BCUT2D eigenvalue weighted by molar-refractivity contribution is 7.98. The van der Waals surface area contributed by atoms with E-state index in [1.54, 1.807) is 11.8 Å². The van der Waals surface area contributed by atoms with E-state index < -0.39 is 0 Å². The van der Waals surface area contributed by atoms with Gasteiger partial charge in [-0.05, 0) is 53.9 Å². The number of thioether (sulfide) groups is 1. The molecular weight excluding hydrogens is 384 g/mol. The Balaban J connectivity index is 1.49. The standard InChI is InChI=1S/C24H24O4S/c1-18-14-22(12-13-23(18)28-16-24(25)26-2)29-17-20-8-10-21(11-9-20)27-15-19-6-4-3-5-7-19/h3-14H,15-17H2,1-2H3. The lowest BCUT2D eigenvalue weighted by molar-refractivity contribution is -0.142. The third kappa shape index (κ3) is 6.57. The highest BCUT2D eigenvalue weighted by atomic mass is 32.2. The molecular formula is C24H24O4S. The lowest BCUT2D eigenvalue weighted by Crippen LogP contribution is -2.12. The number of carbonyl (C=O) groups is 1. The molecule has 150 valence electrons. The summed E-state index contributed by atoms with van der Waals surface area (Å²) >= 11 is 1.75. The van der Waals surface area contributed by atoms with Crippen molar-refractivity contribution in [2.45, 2.75) is 24.2 Å². The van der Waals surface area contributed by atoms with Crippen molar-refractivity contribution in [2.75, 3.05) is 13.7 Å². The van der Waals surface area contributed by atoms with Gasteiger partial charge < -0.3 is 14.2 Å². The summed E-state index contributed by atoms with van der Waals surface area (Å²) in [6, 6.07) is 24.3. The van der Waals surface area contributed by atoms with Crippen molar-refractivity contribution in [3.05, 3.63) is 89.5 Å². The van der Waals surface area contributed by atoms with Gasteiger partial charge in [0.25, 0.3) is 0 Å². The minimum atomic E-state index is -0.390. The molecule has 0 aliphatic rings. The lowest BCUT2D eigenvalue weighted by Gasteiger charge is -2.10. The number of carbonyl (C=O) groups excluding carboxylic acids is 1. The van der Waals surface area contributed by atoms with E-state index in [1.807, 2.05) is 49.4 Å². The van der Waals surface area contributed by atoms with Gasteiger partial charge in [-0.25, -0.2) is 4.79 Å². The van der Waals surface area contributed by atoms with E-state index >= 15 is 0 Å². The fourth-order valence-electron chi connectivity index (χ4n) is 2.66. The summed E-state index contributed by atoms with van der Waals surface area (Å²) in [6.07, 6.45) is 0. The summed E-state index contributed by atoms with van der Waals surface area (Å²) in [4.78, 5) is 12.3. The predicted octanol–water partition coefficient (Wildman–Crippen LogP) is 5.42. The number of esters is 1. The molecule has 0 aromatic heterocycles. The smallest absolute Gasteiger partial charge is 0.343 e. The first-order valence-corrected chi connectivity index (χ1v) is 10.3. The van der Waals surface area contributed by atoms with Gasteiger partial charge in [-0.3, -0.25) is 0 Å². The van der Waals surface area contributed by atoms with Crippen molar-refractivity contribution < 1.29 is 19.0 Å². The highest BCUT2D eigenvalue weighted by Gasteiger charge is 2.06. The summed E-state index contributed by atoms with van der Waals surface area (Å²) < 4.78 is 15.9. The molecule has 0 spiro atoms. The first-order valence-electron chi connectivity index (χ1n) is 9.33. The van der Waals surface area contributed by atoms with E-state index in [2.05, 4.69) is 35.1 Å². The molecule has 0 saturated heterocycles. The second-order valence-corrected chi connectivity index (χ2v) is 7.55. The molecule has 0 heterocycles. The van der Waals surface area contributed by atoms with Gasteiger partial charge in [-0.15, -0.1) is 11.8 Å². The third-order valence-electron chi connectivity index (χ3n) is 4.30. The van der Waals surface area contributed by atoms with Gasteiger partial charge in [-0.2, -0.15) is 0 Å². The van der Waals surface area contributed by atoms with Crippen LogP contribution < -0.4 is 9.47 Å². The van der Waals surface area contributed by atoms with E-state index in [1.165, 1.54) is 12.7 Å². The van der Waals surface area contributed by atoms with E-state index in [4.69, 9.17) is 9.47 Å². The van der Waals surface area contributed by atoms with Crippen LogP contribution in [0.1, 0.15) is 16.7 Å². The molecule has 3 rings (SSSR count). The van der Waals surface area contributed by atoms with Gasteiger partial charge in [0, 0.05) is 10.6 Å². The van der Waals surface area contributed by atoms with Crippen LogP contribution in [-0.2, 0) is 21.9 Å². The van der Waals surface area contributed by atoms with Gasteiger partial charge in [0.05, 0.1) is 7.11 Å². The Bertz CT molecular complexity index is 923. The van der Waals surface area contributed by atoms with Crippen molar-refractivity contribution in [1.82, 2.24) is 0 Å². The first kappa shape index (κ1) is 20.8. The van der Waals surface area contributed by atoms with E-state index in [0.717, 1.165) is 27.5 Å². The van der Waals surface area contributed by atoms with Crippen molar-refractivity contribution >= 4 is 17.7 Å². The van der Waals surface area contributed by atoms with Gasteiger partial charge in [0.15, 0.2) is 6.61 Å². The monoisotopic (exact) mass is 408 g/mol. The van der Waals surface area contributed by atoms with Gasteiger partial charge >= 0.3 is 5.97 Å². The van der Waals surface area contributed by atoms with Crippen LogP contribution in [0.15, 0.2) is 77.7 Å². The summed E-state index contributed by atoms with van der Waals surface area (Å²) in [5.41, 5.74) is 3.37. The number of methoxy groups -OCH3 is 1. The minimum absolute atomic E-state index is 0.0808. The molecule has 0 aliphatic carbocycles. The van der Waals surface area contributed by atoms with Gasteiger partial charge in [0.1, 0.15) is 18.1 Å². The largest absolute Gasteiger partial charge is 0.489 e. The lowest BCUT2D eigenvalue weighted by atomic mass is 10.2. The van der Waals surface area contributed by atoms with Crippen LogP contribution >= 0.6 is 11.8 Å². The van der Waals surface area contributed by atoms with E-state index in [9.17, 15) is 4.79 Å². The fourth-order valence-corrected chi connectivity index (χ4v) is 3.61. The van der Waals surface area contributed by atoms with Crippen molar-refractivity contribution in [3.63, 3.8) is 0 Å². The molecule has 5 heteroatoms. The molecule has 4 nitrogen and oxygen atoms in total. The Labute approximate surface area is 175 Å². The number of hydrogen-bond donors (Lipinski definition) is 0. The maximum atomic E-state index is 11.2. The maximum absolute atomic E-state index is 11.2. The first-order chi connectivity index (χ1) is 14.1. The maximum Gasteiger partial charge on any atom is 0.343 e. The van der Waals surface area contributed by atoms with Crippen LogP contribution in [0.2, 0.25) is 0 Å². The van der Waals surface area contributed by atoms with Crippen LogP contribution in [0.25, 0.3) is 0 Å². The molecule has 29 heavy (non-hydrogen) atoms. The van der Waals surface area contributed by atoms with Crippen LogP contribution in [0.5, 0.6) is 11.5 Å². The van der Waals surface area contributed by atoms with Crippen LogP contribution in [-0.4, -0.2) is 19.7 Å². The van der Waals surface area contributed by atoms with Crippen molar-refractivity contribution in [2.24, 2.45) is 0 Å². The molecule has 0 radical (unpaired) electrons. The zero-order valence-electron chi connectivity index (χ0n) is 16.6. The van der Waals surface area contributed by atoms with Crippen LogP contribution in [0.3, 0.4) is 0 Å². The summed E-state index contributed by atoms with van der Waals surface area (Å²) in [6.45, 7) is 2.46. The fraction of sp³-hybridized carbons (Fsp3) is 0.208. The van der Waals surface area contributed by atoms with E-state index in [-0.39, 0.29) is 12.6 Å². The number of benzene rings is 3. The van der Waals surface area contributed by atoms with Crippen LogP contribution in [0, 0.1) is 6.92 Å². The summed E-state index contributed by atoms with van der Waals surface area (Å²) in [5, 5.41) is 0. The summed E-state index contributed by atoms with van der Waals surface area (Å²) in [5.74, 6) is 2.03. The number of hydrogen-bond acceptors (Lipinski definition) is 5. The Kier molecular flexibility index (Phi) is 7.59. The Morgan fingerprint density at radius 3 is 2.34 bits per heavy atom. The SMILES string of the molecule is COC(=O)COc1ccc(SCc2ccc(OCc3ccccc3)cc2)cc1C. The Morgan fingerprint density at radius 1 is 0.897 bits per heavy atom. The molecule has 0 N–H and O–H groups in total.